The lowest BCUT2D eigenvalue weighted by Crippen LogP contribution is -2.32. The lowest BCUT2D eigenvalue weighted by molar-refractivity contribution is -0.115. The van der Waals surface area contributed by atoms with E-state index in [1.165, 1.54) is 23.5 Å². The maximum atomic E-state index is 13.0. The van der Waals surface area contributed by atoms with Gasteiger partial charge in [0.15, 0.2) is 0 Å². The zero-order valence-electron chi connectivity index (χ0n) is 14.8. The topological polar surface area (TPSA) is 58.2 Å². The van der Waals surface area contributed by atoms with Gasteiger partial charge in [0.2, 0.25) is 5.91 Å². The number of amides is 2. The molecule has 0 fully saturated rings. The van der Waals surface area contributed by atoms with Crippen LogP contribution < -0.4 is 10.6 Å². The molecule has 3 rings (SSSR count). The average molecular weight is 382 g/mol. The third kappa shape index (κ3) is 4.80. The minimum atomic E-state index is -0.313. The van der Waals surface area contributed by atoms with Gasteiger partial charge in [0.25, 0.3) is 5.91 Å². The van der Waals surface area contributed by atoms with Gasteiger partial charge in [-0.3, -0.25) is 9.59 Å². The Labute approximate surface area is 161 Å². The van der Waals surface area contributed by atoms with Crippen LogP contribution in [0.4, 0.5) is 10.1 Å². The summed E-state index contributed by atoms with van der Waals surface area (Å²) in [6.07, 6.45) is 0.810. The molecule has 2 aromatic carbocycles. The molecule has 3 aromatic rings. The second-order valence-electron chi connectivity index (χ2n) is 5.91. The maximum Gasteiger partial charge on any atom is 0.261 e. The Kier molecular flexibility index (Phi) is 5.98. The van der Waals surface area contributed by atoms with Crippen molar-refractivity contribution in [2.24, 2.45) is 0 Å². The van der Waals surface area contributed by atoms with Crippen molar-refractivity contribution in [1.29, 1.82) is 0 Å². The van der Waals surface area contributed by atoms with E-state index in [2.05, 4.69) is 10.6 Å². The van der Waals surface area contributed by atoms with Gasteiger partial charge in [0, 0.05) is 10.6 Å². The van der Waals surface area contributed by atoms with Gasteiger partial charge in [-0.2, -0.15) is 0 Å². The second-order valence-corrected chi connectivity index (χ2v) is 7.00. The number of carbonyl (C=O) groups is 2. The van der Waals surface area contributed by atoms with E-state index in [1.807, 2.05) is 37.3 Å². The van der Waals surface area contributed by atoms with E-state index in [4.69, 9.17) is 0 Å². The van der Waals surface area contributed by atoms with Gasteiger partial charge in [-0.1, -0.05) is 37.3 Å². The largest absolute Gasteiger partial charge is 0.342 e. The molecule has 27 heavy (non-hydrogen) atoms. The number of hydrogen-bond donors (Lipinski definition) is 2. The third-order valence-electron chi connectivity index (χ3n) is 4.04. The van der Waals surface area contributed by atoms with E-state index < -0.39 is 0 Å². The Hall–Kier alpha value is -2.99. The van der Waals surface area contributed by atoms with E-state index in [0.717, 1.165) is 28.1 Å². The van der Waals surface area contributed by atoms with Gasteiger partial charge in [-0.05, 0) is 47.9 Å². The highest BCUT2D eigenvalue weighted by Crippen LogP contribution is 2.28. The molecule has 0 atom stereocenters. The van der Waals surface area contributed by atoms with Crippen molar-refractivity contribution in [3.05, 3.63) is 76.9 Å². The fourth-order valence-electron chi connectivity index (χ4n) is 2.62. The minimum absolute atomic E-state index is 0.110. The predicted molar refractivity (Wildman–Crippen MR) is 106 cm³/mol. The molecule has 2 N–H and O–H groups in total. The van der Waals surface area contributed by atoms with Crippen molar-refractivity contribution in [2.45, 2.75) is 13.3 Å². The van der Waals surface area contributed by atoms with Crippen LogP contribution in [-0.4, -0.2) is 18.4 Å². The minimum Gasteiger partial charge on any atom is -0.342 e. The summed E-state index contributed by atoms with van der Waals surface area (Å²) in [5, 5.41) is 5.45. The lowest BCUT2D eigenvalue weighted by atomic mass is 10.1. The summed E-state index contributed by atoms with van der Waals surface area (Å²) in [6, 6.07) is 17.2. The van der Waals surface area contributed by atoms with Crippen LogP contribution >= 0.6 is 11.3 Å². The number of thiophene rings is 1. The number of benzene rings is 2. The molecule has 0 radical (unpaired) electrons. The first-order valence-corrected chi connectivity index (χ1v) is 9.40. The van der Waals surface area contributed by atoms with Crippen LogP contribution in [0.3, 0.4) is 0 Å². The molecular weight excluding hydrogens is 363 g/mol. The number of halogens is 1. The highest BCUT2D eigenvalue weighted by Gasteiger charge is 2.12. The maximum absolute atomic E-state index is 13.0. The van der Waals surface area contributed by atoms with Crippen molar-refractivity contribution in [3.63, 3.8) is 0 Å². The zero-order chi connectivity index (χ0) is 19.2. The molecule has 0 spiro atoms. The Morgan fingerprint density at radius 1 is 1.00 bits per heavy atom. The standard InChI is InChI=1S/C21H19FN2O2S/c1-2-14-5-3-4-6-17(14)24-20(25)13-23-21(26)19-12-11-18(27-19)15-7-9-16(22)10-8-15/h3-12H,2,13H2,1H3,(H,23,26)(H,24,25). The monoisotopic (exact) mass is 382 g/mol. The van der Waals surface area contributed by atoms with E-state index in [1.54, 1.807) is 18.2 Å². The Balaban J connectivity index is 1.58. The number of rotatable bonds is 6. The van der Waals surface area contributed by atoms with Crippen LogP contribution in [0.5, 0.6) is 0 Å². The fourth-order valence-corrected chi connectivity index (χ4v) is 3.55. The normalized spacial score (nSPS) is 10.4. The van der Waals surface area contributed by atoms with E-state index in [0.29, 0.717) is 4.88 Å². The van der Waals surface area contributed by atoms with Crippen molar-refractivity contribution < 1.29 is 14.0 Å². The van der Waals surface area contributed by atoms with Gasteiger partial charge < -0.3 is 10.6 Å². The summed E-state index contributed by atoms with van der Waals surface area (Å²) in [5.41, 5.74) is 2.64. The number of carbonyl (C=O) groups excluding carboxylic acids is 2. The smallest absolute Gasteiger partial charge is 0.261 e. The van der Waals surface area contributed by atoms with Gasteiger partial charge >= 0.3 is 0 Å². The molecule has 0 unspecified atom stereocenters. The van der Waals surface area contributed by atoms with Gasteiger partial charge in [-0.25, -0.2) is 4.39 Å². The Morgan fingerprint density at radius 3 is 2.48 bits per heavy atom. The van der Waals surface area contributed by atoms with Crippen molar-refractivity contribution in [2.75, 3.05) is 11.9 Å². The Morgan fingerprint density at radius 2 is 1.74 bits per heavy atom. The van der Waals surface area contributed by atoms with Crippen molar-refractivity contribution in [3.8, 4) is 10.4 Å². The summed E-state index contributed by atoms with van der Waals surface area (Å²) >= 11 is 1.30. The number of aryl methyl sites for hydroxylation is 1. The summed E-state index contributed by atoms with van der Waals surface area (Å²) in [4.78, 5) is 25.8. The van der Waals surface area contributed by atoms with Crippen LogP contribution in [0, 0.1) is 5.82 Å². The first kappa shape index (κ1) is 18.8. The molecule has 0 saturated carbocycles. The molecule has 6 heteroatoms. The molecule has 2 amide bonds. The molecule has 0 bridgehead atoms. The van der Waals surface area contributed by atoms with E-state index in [9.17, 15) is 14.0 Å². The highest BCUT2D eigenvalue weighted by atomic mass is 32.1. The van der Waals surface area contributed by atoms with Gasteiger partial charge in [0.1, 0.15) is 5.82 Å². The first-order chi connectivity index (χ1) is 13.1. The predicted octanol–water partition coefficient (Wildman–Crippen LogP) is 4.49. The van der Waals surface area contributed by atoms with Crippen LogP contribution in [-0.2, 0) is 11.2 Å². The number of hydrogen-bond acceptors (Lipinski definition) is 3. The first-order valence-electron chi connectivity index (χ1n) is 8.58. The summed E-state index contributed by atoms with van der Waals surface area (Å²) < 4.78 is 13.0. The van der Waals surface area contributed by atoms with Crippen molar-refractivity contribution >= 4 is 28.8 Å². The molecule has 0 aliphatic carbocycles. The molecule has 138 valence electrons. The van der Waals surface area contributed by atoms with Crippen LogP contribution in [0.1, 0.15) is 22.2 Å². The number of nitrogens with one attached hydrogen (secondary N) is 2. The Bertz CT molecular complexity index is 951. The summed E-state index contributed by atoms with van der Waals surface area (Å²) in [5.74, 6) is -0.893. The summed E-state index contributed by atoms with van der Waals surface area (Å²) in [6.45, 7) is 1.91. The van der Waals surface area contributed by atoms with E-state index in [-0.39, 0.29) is 24.2 Å². The quantitative estimate of drug-likeness (QED) is 0.660. The fraction of sp³-hybridized carbons (Fsp3) is 0.143. The molecule has 1 aromatic heterocycles. The zero-order valence-corrected chi connectivity index (χ0v) is 15.6. The molecule has 0 aliphatic rings. The molecule has 0 aliphatic heterocycles. The van der Waals surface area contributed by atoms with Gasteiger partial charge in [-0.15, -0.1) is 11.3 Å². The molecule has 0 saturated heterocycles. The highest BCUT2D eigenvalue weighted by molar-refractivity contribution is 7.17. The third-order valence-corrected chi connectivity index (χ3v) is 5.17. The average Bonchev–Trinajstić information content (AvgIpc) is 3.17. The van der Waals surface area contributed by atoms with Gasteiger partial charge in [0.05, 0.1) is 11.4 Å². The van der Waals surface area contributed by atoms with Crippen LogP contribution in [0.15, 0.2) is 60.7 Å². The lowest BCUT2D eigenvalue weighted by Gasteiger charge is -2.10. The van der Waals surface area contributed by atoms with Crippen LogP contribution in [0.25, 0.3) is 10.4 Å². The second kappa shape index (κ2) is 8.60. The molecular formula is C21H19FN2O2S. The molecule has 1 heterocycles. The summed E-state index contributed by atoms with van der Waals surface area (Å²) in [7, 11) is 0. The number of anilines is 1. The molecule has 4 nitrogen and oxygen atoms in total. The SMILES string of the molecule is CCc1ccccc1NC(=O)CNC(=O)c1ccc(-c2ccc(F)cc2)s1. The van der Waals surface area contributed by atoms with E-state index >= 15 is 0 Å². The van der Waals surface area contributed by atoms with Crippen LogP contribution in [0.2, 0.25) is 0 Å². The van der Waals surface area contributed by atoms with Crippen molar-refractivity contribution in [1.82, 2.24) is 5.32 Å². The number of para-hydroxylation sites is 1.